The number of pyridine rings is 1. The molecule has 0 saturated heterocycles. The van der Waals surface area contributed by atoms with Crippen molar-refractivity contribution < 1.29 is 9.53 Å². The highest BCUT2D eigenvalue weighted by atomic mass is 32.1. The summed E-state index contributed by atoms with van der Waals surface area (Å²) in [5.41, 5.74) is 2.51. The van der Waals surface area contributed by atoms with Gasteiger partial charge in [-0.15, -0.1) is 11.3 Å². The van der Waals surface area contributed by atoms with Gasteiger partial charge in [-0.25, -0.2) is 4.98 Å². The molecule has 0 bridgehead atoms. The zero-order valence-corrected chi connectivity index (χ0v) is 13.3. The maximum atomic E-state index is 12.1. The van der Waals surface area contributed by atoms with E-state index in [1.54, 1.807) is 43.8 Å². The normalized spacial score (nSPS) is 10.3. The highest BCUT2D eigenvalue weighted by molar-refractivity contribution is 7.09. The number of nitrogens with one attached hydrogen (secondary N) is 1. The van der Waals surface area contributed by atoms with Crippen LogP contribution < -0.4 is 10.1 Å². The van der Waals surface area contributed by atoms with Crippen molar-refractivity contribution in [1.29, 1.82) is 0 Å². The van der Waals surface area contributed by atoms with E-state index in [0.29, 0.717) is 12.1 Å². The van der Waals surface area contributed by atoms with Crippen LogP contribution in [0.1, 0.15) is 15.4 Å². The molecule has 0 aliphatic heterocycles. The lowest BCUT2D eigenvalue weighted by Gasteiger charge is -2.04. The van der Waals surface area contributed by atoms with Crippen LogP contribution in [-0.4, -0.2) is 23.0 Å². The molecule has 0 saturated carbocycles. The first kappa shape index (κ1) is 15.2. The Kier molecular flexibility index (Phi) is 4.63. The molecule has 0 unspecified atom stereocenters. The summed E-state index contributed by atoms with van der Waals surface area (Å²) in [6.45, 7) is 0.403. The van der Waals surface area contributed by atoms with Crippen LogP contribution in [0.15, 0.2) is 54.2 Å². The molecule has 0 spiro atoms. The third-order valence-electron chi connectivity index (χ3n) is 3.28. The minimum absolute atomic E-state index is 0.131. The van der Waals surface area contributed by atoms with Crippen molar-refractivity contribution in [2.24, 2.45) is 0 Å². The molecule has 0 radical (unpaired) electrons. The number of ether oxygens (including phenoxy) is 1. The fourth-order valence-corrected chi connectivity index (χ4v) is 2.79. The smallest absolute Gasteiger partial charge is 0.251 e. The van der Waals surface area contributed by atoms with Gasteiger partial charge >= 0.3 is 0 Å². The predicted octanol–water partition coefficient (Wildman–Crippen LogP) is 3.14. The van der Waals surface area contributed by atoms with E-state index >= 15 is 0 Å². The van der Waals surface area contributed by atoms with E-state index in [2.05, 4.69) is 15.3 Å². The highest BCUT2D eigenvalue weighted by Crippen LogP contribution is 2.21. The molecule has 0 aliphatic carbocycles. The molecule has 1 amide bonds. The van der Waals surface area contributed by atoms with E-state index in [1.165, 1.54) is 11.3 Å². The molecule has 2 heterocycles. The largest absolute Gasteiger partial charge is 0.497 e. The maximum absolute atomic E-state index is 12.1. The van der Waals surface area contributed by atoms with E-state index in [1.807, 2.05) is 17.5 Å². The fraction of sp³-hybridized carbons (Fsp3) is 0.118. The van der Waals surface area contributed by atoms with Gasteiger partial charge in [-0.3, -0.25) is 9.78 Å². The maximum Gasteiger partial charge on any atom is 0.251 e. The minimum atomic E-state index is -0.131. The molecule has 1 N–H and O–H groups in total. The Labute approximate surface area is 138 Å². The first-order chi connectivity index (χ1) is 11.3. The lowest BCUT2D eigenvalue weighted by molar-refractivity contribution is 0.0951. The Morgan fingerprint density at radius 2 is 1.91 bits per heavy atom. The zero-order valence-electron chi connectivity index (χ0n) is 12.5. The molecule has 116 valence electrons. The summed E-state index contributed by atoms with van der Waals surface area (Å²) in [5.74, 6) is 0.594. The molecule has 23 heavy (non-hydrogen) atoms. The van der Waals surface area contributed by atoms with Crippen molar-refractivity contribution in [2.45, 2.75) is 6.54 Å². The molecule has 0 fully saturated rings. The van der Waals surface area contributed by atoms with E-state index in [4.69, 9.17) is 4.74 Å². The summed E-state index contributed by atoms with van der Waals surface area (Å²) in [6, 6.07) is 10.8. The average molecular weight is 325 g/mol. The summed E-state index contributed by atoms with van der Waals surface area (Å²) in [5, 5.41) is 5.71. The molecule has 3 aromatic rings. The van der Waals surface area contributed by atoms with E-state index in [9.17, 15) is 4.79 Å². The SMILES string of the molecule is COc1ccc(C(=O)NCc2nc(-c3ccncc3)cs2)cc1. The molecule has 0 aliphatic rings. The Morgan fingerprint density at radius 1 is 1.17 bits per heavy atom. The van der Waals surface area contributed by atoms with Crippen LogP contribution in [0.2, 0.25) is 0 Å². The zero-order chi connectivity index (χ0) is 16.1. The Morgan fingerprint density at radius 3 is 2.61 bits per heavy atom. The van der Waals surface area contributed by atoms with Crippen LogP contribution in [0.25, 0.3) is 11.3 Å². The predicted molar refractivity (Wildman–Crippen MR) is 89.5 cm³/mol. The van der Waals surface area contributed by atoms with E-state index < -0.39 is 0 Å². The molecule has 3 rings (SSSR count). The van der Waals surface area contributed by atoms with Crippen LogP contribution >= 0.6 is 11.3 Å². The molecule has 1 aromatic carbocycles. The molecule has 0 atom stereocenters. The Bertz CT molecular complexity index is 785. The number of nitrogens with zero attached hydrogens (tertiary/aromatic N) is 2. The standard InChI is InChI=1S/C17H15N3O2S/c1-22-14-4-2-13(3-5-14)17(21)19-10-16-20-15(11-23-16)12-6-8-18-9-7-12/h2-9,11H,10H2,1H3,(H,19,21). The van der Waals surface area contributed by atoms with Crippen molar-refractivity contribution in [1.82, 2.24) is 15.3 Å². The van der Waals surface area contributed by atoms with Gasteiger partial charge in [0.1, 0.15) is 10.8 Å². The summed E-state index contributed by atoms with van der Waals surface area (Å²) < 4.78 is 5.08. The summed E-state index contributed by atoms with van der Waals surface area (Å²) >= 11 is 1.52. The number of carbonyl (C=O) groups is 1. The van der Waals surface area contributed by atoms with Crippen LogP contribution in [0.3, 0.4) is 0 Å². The summed E-state index contributed by atoms with van der Waals surface area (Å²) in [7, 11) is 1.60. The summed E-state index contributed by atoms with van der Waals surface area (Å²) in [4.78, 5) is 20.6. The highest BCUT2D eigenvalue weighted by Gasteiger charge is 2.08. The Hall–Kier alpha value is -2.73. The van der Waals surface area contributed by atoms with Crippen molar-refractivity contribution in [3.63, 3.8) is 0 Å². The van der Waals surface area contributed by atoms with Gasteiger partial charge in [0.2, 0.25) is 0 Å². The monoisotopic (exact) mass is 325 g/mol. The van der Waals surface area contributed by atoms with Crippen LogP contribution in [0, 0.1) is 0 Å². The lowest BCUT2D eigenvalue weighted by Crippen LogP contribution is -2.22. The second-order valence-corrected chi connectivity index (χ2v) is 5.72. The molecule has 2 aromatic heterocycles. The van der Waals surface area contributed by atoms with Gasteiger partial charge < -0.3 is 10.1 Å². The van der Waals surface area contributed by atoms with Gasteiger partial charge in [-0.2, -0.15) is 0 Å². The number of thiazole rings is 1. The average Bonchev–Trinajstić information content (AvgIpc) is 3.09. The third kappa shape index (κ3) is 3.73. The molecule has 5 nitrogen and oxygen atoms in total. The number of carbonyl (C=O) groups excluding carboxylic acids is 1. The van der Waals surface area contributed by atoms with Gasteiger partial charge in [0.05, 0.1) is 19.3 Å². The van der Waals surface area contributed by atoms with Crippen LogP contribution in [0.5, 0.6) is 5.75 Å². The minimum Gasteiger partial charge on any atom is -0.497 e. The second kappa shape index (κ2) is 7.02. The van der Waals surface area contributed by atoms with Crippen molar-refractivity contribution in [3.05, 3.63) is 64.7 Å². The topological polar surface area (TPSA) is 64.1 Å². The lowest BCUT2D eigenvalue weighted by atomic mass is 10.2. The number of hydrogen-bond donors (Lipinski definition) is 1. The molecular formula is C17H15N3O2S. The third-order valence-corrected chi connectivity index (χ3v) is 4.13. The van der Waals surface area contributed by atoms with Gasteiger partial charge in [0.25, 0.3) is 5.91 Å². The van der Waals surface area contributed by atoms with Gasteiger partial charge in [-0.1, -0.05) is 0 Å². The molecular weight excluding hydrogens is 310 g/mol. The Balaban J connectivity index is 1.62. The number of aromatic nitrogens is 2. The fourth-order valence-electron chi connectivity index (χ4n) is 2.05. The first-order valence-corrected chi connectivity index (χ1v) is 7.91. The van der Waals surface area contributed by atoms with E-state index in [0.717, 1.165) is 22.0 Å². The summed E-state index contributed by atoms with van der Waals surface area (Å²) in [6.07, 6.45) is 3.47. The number of amides is 1. The van der Waals surface area contributed by atoms with Crippen molar-refractivity contribution in [3.8, 4) is 17.0 Å². The second-order valence-electron chi connectivity index (χ2n) is 4.77. The van der Waals surface area contributed by atoms with Crippen LogP contribution in [-0.2, 0) is 6.54 Å². The molecule has 6 heteroatoms. The number of hydrogen-bond acceptors (Lipinski definition) is 5. The number of benzene rings is 1. The quantitative estimate of drug-likeness (QED) is 0.783. The van der Waals surface area contributed by atoms with Gasteiger partial charge in [0, 0.05) is 28.9 Å². The number of methoxy groups -OCH3 is 1. The van der Waals surface area contributed by atoms with Gasteiger partial charge in [-0.05, 0) is 36.4 Å². The van der Waals surface area contributed by atoms with Crippen LogP contribution in [0.4, 0.5) is 0 Å². The van der Waals surface area contributed by atoms with Crippen molar-refractivity contribution in [2.75, 3.05) is 7.11 Å². The van der Waals surface area contributed by atoms with E-state index in [-0.39, 0.29) is 5.91 Å². The van der Waals surface area contributed by atoms with Gasteiger partial charge in [0.15, 0.2) is 0 Å². The number of rotatable bonds is 5. The van der Waals surface area contributed by atoms with Crippen molar-refractivity contribution >= 4 is 17.2 Å². The first-order valence-electron chi connectivity index (χ1n) is 7.03.